The molecule has 0 bridgehead atoms. The van der Waals surface area contributed by atoms with E-state index in [1.807, 2.05) is 32.0 Å². The summed E-state index contributed by atoms with van der Waals surface area (Å²) in [5.74, 6) is 0.188. The number of nitrogens with one attached hydrogen (secondary N) is 1. The molecule has 0 aromatic heterocycles. The lowest BCUT2D eigenvalue weighted by Gasteiger charge is -2.35. The highest BCUT2D eigenvalue weighted by Gasteiger charge is 2.33. The van der Waals surface area contributed by atoms with Crippen LogP contribution in [0.1, 0.15) is 73.9 Å². The smallest absolute Gasteiger partial charge is 0.417 e. The van der Waals surface area contributed by atoms with Crippen molar-refractivity contribution in [3.8, 4) is 5.75 Å². The Balaban J connectivity index is 1.66. The summed E-state index contributed by atoms with van der Waals surface area (Å²) in [6.45, 7) is 8.65. The van der Waals surface area contributed by atoms with Gasteiger partial charge in [-0.25, -0.2) is 9.59 Å². The van der Waals surface area contributed by atoms with Gasteiger partial charge in [-0.1, -0.05) is 38.8 Å². The number of hydrogen-bond donors (Lipinski definition) is 1. The average molecular weight is 467 g/mol. The quantitative estimate of drug-likeness (QED) is 0.364. The number of carbonyl (C=O) groups is 2. The van der Waals surface area contributed by atoms with Crippen molar-refractivity contribution in [1.82, 2.24) is 4.90 Å². The topological polar surface area (TPSA) is 67.9 Å². The summed E-state index contributed by atoms with van der Waals surface area (Å²) >= 11 is 0. The van der Waals surface area contributed by atoms with Crippen molar-refractivity contribution >= 4 is 17.7 Å². The van der Waals surface area contributed by atoms with Crippen LogP contribution in [-0.4, -0.2) is 43.7 Å². The van der Waals surface area contributed by atoms with Crippen molar-refractivity contribution in [2.75, 3.05) is 32.1 Å². The highest BCUT2D eigenvalue weighted by atomic mass is 16.6. The number of rotatable bonds is 8. The molecule has 1 N–H and O–H groups in total. The van der Waals surface area contributed by atoms with Crippen molar-refractivity contribution in [3.63, 3.8) is 0 Å². The molecular weight excluding hydrogens is 428 g/mol. The van der Waals surface area contributed by atoms with Crippen LogP contribution in [-0.2, 0) is 10.2 Å². The van der Waals surface area contributed by atoms with Crippen molar-refractivity contribution < 1.29 is 19.1 Å². The predicted octanol–water partition coefficient (Wildman–Crippen LogP) is 6.33. The van der Waals surface area contributed by atoms with Crippen LogP contribution in [0, 0.1) is 6.92 Å². The number of nitrogens with zero attached hydrogens (tertiary/aromatic N) is 1. The number of likely N-dealkylation sites (N-methyl/N-ethyl adjacent to an activating group) is 1. The monoisotopic (exact) mass is 466 g/mol. The Bertz CT molecular complexity index is 990. The number of ether oxygens (including phenoxy) is 2. The van der Waals surface area contributed by atoms with E-state index in [2.05, 4.69) is 30.3 Å². The molecule has 2 aromatic rings. The maximum atomic E-state index is 12.6. The SMILES string of the molecule is CCCCOC(=O)c1ccc(NC(=O)Oc2cccc(C3(CC)CCCCN(C)C3)c2)cc1C. The number of likely N-dealkylation sites (tertiary alicyclic amines) is 1. The normalized spacial score (nSPS) is 18.7. The summed E-state index contributed by atoms with van der Waals surface area (Å²) in [6.07, 6.45) is 5.84. The molecule has 1 unspecified atom stereocenters. The maximum absolute atomic E-state index is 12.6. The Morgan fingerprint density at radius 2 is 1.94 bits per heavy atom. The lowest BCUT2D eigenvalue weighted by atomic mass is 9.74. The highest BCUT2D eigenvalue weighted by molar-refractivity contribution is 5.93. The molecule has 6 nitrogen and oxygen atoms in total. The lowest BCUT2D eigenvalue weighted by molar-refractivity contribution is 0.0499. The molecule has 1 aliphatic rings. The van der Waals surface area contributed by atoms with Crippen LogP contribution in [0.25, 0.3) is 0 Å². The van der Waals surface area contributed by atoms with Crippen LogP contribution >= 0.6 is 0 Å². The summed E-state index contributed by atoms with van der Waals surface area (Å²) in [7, 11) is 2.18. The zero-order chi connectivity index (χ0) is 24.6. The van der Waals surface area contributed by atoms with E-state index in [1.54, 1.807) is 18.2 Å². The van der Waals surface area contributed by atoms with Gasteiger partial charge in [0.05, 0.1) is 12.2 Å². The Hall–Kier alpha value is -2.86. The van der Waals surface area contributed by atoms with Crippen molar-refractivity contribution in [1.29, 1.82) is 0 Å². The summed E-state index contributed by atoms with van der Waals surface area (Å²) < 4.78 is 10.9. The number of carbonyl (C=O) groups excluding carboxylic acids is 2. The zero-order valence-corrected chi connectivity index (χ0v) is 21.0. The van der Waals surface area contributed by atoms with Gasteiger partial charge >= 0.3 is 12.1 Å². The van der Waals surface area contributed by atoms with Gasteiger partial charge in [-0.05, 0) is 87.7 Å². The molecule has 1 fully saturated rings. The maximum Gasteiger partial charge on any atom is 0.417 e. The van der Waals surface area contributed by atoms with E-state index in [0.717, 1.165) is 44.3 Å². The van der Waals surface area contributed by atoms with Gasteiger partial charge in [-0.3, -0.25) is 5.32 Å². The molecule has 1 saturated heterocycles. The minimum atomic E-state index is -0.557. The van der Waals surface area contributed by atoms with Gasteiger partial charge in [0.15, 0.2) is 0 Å². The van der Waals surface area contributed by atoms with Crippen LogP contribution < -0.4 is 10.1 Å². The van der Waals surface area contributed by atoms with Gasteiger partial charge in [0.25, 0.3) is 0 Å². The van der Waals surface area contributed by atoms with E-state index in [1.165, 1.54) is 18.4 Å². The second-order valence-corrected chi connectivity index (χ2v) is 9.39. The Morgan fingerprint density at radius 1 is 1.12 bits per heavy atom. The van der Waals surface area contributed by atoms with Gasteiger partial charge < -0.3 is 14.4 Å². The van der Waals surface area contributed by atoms with E-state index in [0.29, 0.717) is 23.6 Å². The fourth-order valence-electron chi connectivity index (χ4n) is 4.75. The largest absolute Gasteiger partial charge is 0.462 e. The molecule has 1 heterocycles. The lowest BCUT2D eigenvalue weighted by Crippen LogP contribution is -2.37. The molecule has 0 saturated carbocycles. The highest BCUT2D eigenvalue weighted by Crippen LogP contribution is 2.37. The summed E-state index contributed by atoms with van der Waals surface area (Å²) in [5.41, 5.74) is 3.10. The number of unbranched alkanes of at least 4 members (excludes halogenated alkanes) is 1. The number of hydrogen-bond acceptors (Lipinski definition) is 5. The molecule has 184 valence electrons. The Morgan fingerprint density at radius 3 is 2.68 bits per heavy atom. The van der Waals surface area contributed by atoms with Gasteiger partial charge in [-0.15, -0.1) is 0 Å². The fourth-order valence-corrected chi connectivity index (χ4v) is 4.75. The first-order valence-electron chi connectivity index (χ1n) is 12.4. The number of amides is 1. The van der Waals surface area contributed by atoms with E-state index < -0.39 is 6.09 Å². The molecule has 1 amide bonds. The first kappa shape index (κ1) is 25.8. The minimum Gasteiger partial charge on any atom is -0.462 e. The third-order valence-electron chi connectivity index (χ3n) is 6.78. The van der Waals surface area contributed by atoms with Crippen LogP contribution in [0.15, 0.2) is 42.5 Å². The Kier molecular flexibility index (Phi) is 9.11. The number of esters is 1. The molecule has 3 rings (SSSR count). The predicted molar refractivity (Wildman–Crippen MR) is 136 cm³/mol. The van der Waals surface area contributed by atoms with Gasteiger partial charge in [0, 0.05) is 17.6 Å². The van der Waals surface area contributed by atoms with Gasteiger partial charge in [-0.2, -0.15) is 0 Å². The zero-order valence-electron chi connectivity index (χ0n) is 21.0. The number of anilines is 1. The van der Waals surface area contributed by atoms with Gasteiger partial charge in [0.2, 0.25) is 0 Å². The molecule has 0 spiro atoms. The number of aryl methyl sites for hydroxylation is 1. The van der Waals surface area contributed by atoms with E-state index in [-0.39, 0.29) is 11.4 Å². The van der Waals surface area contributed by atoms with Crippen LogP contribution in [0.2, 0.25) is 0 Å². The van der Waals surface area contributed by atoms with Gasteiger partial charge in [0.1, 0.15) is 5.75 Å². The summed E-state index contributed by atoms with van der Waals surface area (Å²) in [5, 5.41) is 2.77. The van der Waals surface area contributed by atoms with Crippen molar-refractivity contribution in [2.45, 2.75) is 64.7 Å². The molecule has 0 aliphatic carbocycles. The molecular formula is C28H38N2O4. The van der Waals surface area contributed by atoms with Crippen molar-refractivity contribution in [2.24, 2.45) is 0 Å². The molecule has 1 atom stereocenters. The molecule has 34 heavy (non-hydrogen) atoms. The second-order valence-electron chi connectivity index (χ2n) is 9.39. The van der Waals surface area contributed by atoms with Crippen LogP contribution in [0.4, 0.5) is 10.5 Å². The van der Waals surface area contributed by atoms with E-state index in [9.17, 15) is 9.59 Å². The summed E-state index contributed by atoms with van der Waals surface area (Å²) in [6, 6.07) is 13.0. The third-order valence-corrected chi connectivity index (χ3v) is 6.78. The average Bonchev–Trinajstić information content (AvgIpc) is 3.01. The van der Waals surface area contributed by atoms with Crippen LogP contribution in [0.3, 0.4) is 0 Å². The third kappa shape index (κ3) is 6.60. The molecule has 1 aliphatic heterocycles. The second kappa shape index (κ2) is 12.0. The first-order valence-corrected chi connectivity index (χ1v) is 12.4. The first-order chi connectivity index (χ1) is 16.4. The van der Waals surface area contributed by atoms with E-state index in [4.69, 9.17) is 9.47 Å². The Labute approximate surface area is 203 Å². The molecule has 6 heteroatoms. The molecule has 0 radical (unpaired) electrons. The summed E-state index contributed by atoms with van der Waals surface area (Å²) in [4.78, 5) is 27.2. The van der Waals surface area contributed by atoms with E-state index >= 15 is 0 Å². The standard InChI is InChI=1S/C28H38N2O4/c1-5-7-17-33-26(31)25-14-13-23(18-21(25)3)29-27(32)34-24-12-10-11-22(19-24)28(6-2)15-8-9-16-30(4)20-28/h10-14,18-19H,5-9,15-17,20H2,1-4H3,(H,29,32). The van der Waals surface area contributed by atoms with Crippen molar-refractivity contribution in [3.05, 3.63) is 59.2 Å². The molecule has 2 aromatic carbocycles. The number of benzene rings is 2. The van der Waals surface area contributed by atoms with Crippen LogP contribution in [0.5, 0.6) is 5.75 Å². The fraction of sp³-hybridized carbons (Fsp3) is 0.500. The minimum absolute atomic E-state index is 0.0692.